The first-order valence-electron chi connectivity index (χ1n) is 6.84. The maximum absolute atomic E-state index is 10.2. The van der Waals surface area contributed by atoms with Crippen molar-refractivity contribution < 1.29 is 5.11 Å². The van der Waals surface area contributed by atoms with Crippen LogP contribution in [-0.4, -0.2) is 56.7 Å². The lowest BCUT2D eigenvalue weighted by Crippen LogP contribution is -2.50. The van der Waals surface area contributed by atoms with Crippen LogP contribution in [0.4, 0.5) is 5.82 Å². The quantitative estimate of drug-likeness (QED) is 0.724. The van der Waals surface area contributed by atoms with E-state index in [1.807, 2.05) is 18.3 Å². The molecule has 0 amide bonds. The first-order valence-corrected chi connectivity index (χ1v) is 6.84. The Morgan fingerprint density at radius 1 is 1.55 bits per heavy atom. The molecular weight excluding hydrogens is 254 g/mol. The molecule has 2 atom stereocenters. The van der Waals surface area contributed by atoms with E-state index in [0.29, 0.717) is 0 Å². The number of aromatic amines is 1. The molecule has 3 N–H and O–H groups in total. The fraction of sp³-hybridized carbons (Fsp3) is 0.429. The van der Waals surface area contributed by atoms with Crippen molar-refractivity contribution in [3.63, 3.8) is 0 Å². The molecule has 3 rings (SSSR count). The van der Waals surface area contributed by atoms with Crippen LogP contribution in [0.25, 0.3) is 11.0 Å². The van der Waals surface area contributed by atoms with Gasteiger partial charge in [0, 0.05) is 25.8 Å². The lowest BCUT2D eigenvalue weighted by molar-refractivity contribution is 0.0749. The molecule has 6 nitrogen and oxygen atoms in total. The van der Waals surface area contributed by atoms with Crippen LogP contribution in [0, 0.1) is 0 Å². The van der Waals surface area contributed by atoms with Crippen molar-refractivity contribution in [2.24, 2.45) is 0 Å². The summed E-state index contributed by atoms with van der Waals surface area (Å²) in [4.78, 5) is 13.8. The smallest absolute Gasteiger partial charge is 0.142 e. The maximum atomic E-state index is 10.2. The van der Waals surface area contributed by atoms with Crippen LogP contribution in [0.15, 0.2) is 31.2 Å². The monoisotopic (exact) mass is 273 g/mol. The van der Waals surface area contributed by atoms with E-state index in [0.717, 1.165) is 42.9 Å². The first-order chi connectivity index (χ1) is 9.78. The van der Waals surface area contributed by atoms with Gasteiger partial charge in [-0.3, -0.25) is 4.90 Å². The Morgan fingerprint density at radius 2 is 2.45 bits per heavy atom. The molecule has 2 aromatic heterocycles. The summed E-state index contributed by atoms with van der Waals surface area (Å²) in [6.07, 6.45) is 5.65. The minimum atomic E-state index is -0.361. The lowest BCUT2D eigenvalue weighted by atomic mass is 10.0. The van der Waals surface area contributed by atoms with Gasteiger partial charge in [-0.15, -0.1) is 6.58 Å². The highest BCUT2D eigenvalue weighted by Gasteiger charge is 2.27. The number of likely N-dealkylation sites (tertiary alicyclic amines) is 1. The summed E-state index contributed by atoms with van der Waals surface area (Å²) in [5.74, 6) is 0.765. The van der Waals surface area contributed by atoms with Gasteiger partial charge in [0.1, 0.15) is 17.8 Å². The Morgan fingerprint density at radius 3 is 3.30 bits per heavy atom. The van der Waals surface area contributed by atoms with Gasteiger partial charge in [0.15, 0.2) is 0 Å². The van der Waals surface area contributed by atoms with Gasteiger partial charge >= 0.3 is 0 Å². The first kappa shape index (κ1) is 13.1. The van der Waals surface area contributed by atoms with Crippen molar-refractivity contribution in [2.45, 2.75) is 18.6 Å². The van der Waals surface area contributed by atoms with Crippen molar-refractivity contribution in [3.8, 4) is 0 Å². The highest BCUT2D eigenvalue weighted by atomic mass is 16.3. The van der Waals surface area contributed by atoms with E-state index in [1.165, 1.54) is 6.33 Å². The van der Waals surface area contributed by atoms with E-state index in [4.69, 9.17) is 0 Å². The van der Waals surface area contributed by atoms with E-state index in [1.54, 1.807) is 0 Å². The summed E-state index contributed by atoms with van der Waals surface area (Å²) < 4.78 is 0. The minimum Gasteiger partial charge on any atom is -0.391 e. The van der Waals surface area contributed by atoms with Gasteiger partial charge < -0.3 is 15.4 Å². The molecule has 0 unspecified atom stereocenters. The Labute approximate surface area is 117 Å². The highest BCUT2D eigenvalue weighted by molar-refractivity contribution is 5.86. The number of fused-ring (bicyclic) bond motifs is 1. The van der Waals surface area contributed by atoms with Crippen LogP contribution >= 0.6 is 0 Å². The average Bonchev–Trinajstić information content (AvgIpc) is 2.92. The number of rotatable bonds is 4. The van der Waals surface area contributed by atoms with Crippen molar-refractivity contribution in [1.29, 1.82) is 0 Å². The largest absolute Gasteiger partial charge is 0.391 e. The molecule has 2 aromatic rings. The maximum Gasteiger partial charge on any atom is 0.142 e. The summed E-state index contributed by atoms with van der Waals surface area (Å²) in [5, 5.41) is 14.5. The summed E-state index contributed by atoms with van der Waals surface area (Å²) >= 11 is 0. The zero-order chi connectivity index (χ0) is 13.9. The number of nitrogens with zero attached hydrogens (tertiary/aromatic N) is 3. The van der Waals surface area contributed by atoms with Gasteiger partial charge in [0.2, 0.25) is 0 Å². The molecular formula is C14H19N5O. The average molecular weight is 273 g/mol. The Hall–Kier alpha value is -1.92. The number of aliphatic hydroxyl groups is 1. The molecule has 106 valence electrons. The molecule has 1 aliphatic rings. The number of aromatic nitrogens is 3. The van der Waals surface area contributed by atoms with Crippen molar-refractivity contribution in [3.05, 3.63) is 31.2 Å². The van der Waals surface area contributed by atoms with E-state index in [9.17, 15) is 5.11 Å². The molecule has 6 heteroatoms. The number of nitrogens with one attached hydrogen (secondary N) is 2. The van der Waals surface area contributed by atoms with Gasteiger partial charge in [0.05, 0.1) is 17.5 Å². The fourth-order valence-corrected chi connectivity index (χ4v) is 2.66. The summed E-state index contributed by atoms with van der Waals surface area (Å²) in [6, 6.07) is 1.91. The zero-order valence-electron chi connectivity index (χ0n) is 11.3. The van der Waals surface area contributed by atoms with Crippen LogP contribution < -0.4 is 5.32 Å². The summed E-state index contributed by atoms with van der Waals surface area (Å²) in [6.45, 7) is 6.29. The number of piperidine rings is 1. The number of H-pyrrole nitrogens is 1. The molecule has 0 radical (unpaired) electrons. The SMILES string of the molecule is C=CCN1CC[C@@H](O)[C@@H](Nc2ncnc3[nH]ccc23)C1. The molecule has 1 saturated heterocycles. The van der Waals surface area contributed by atoms with Crippen LogP contribution in [0.5, 0.6) is 0 Å². The highest BCUT2D eigenvalue weighted by Crippen LogP contribution is 2.21. The third kappa shape index (κ3) is 2.52. The normalized spacial score (nSPS) is 23.9. The molecule has 0 bridgehead atoms. The molecule has 3 heterocycles. The standard InChI is InChI=1S/C14H19N5O/c1-2-6-19-7-4-12(20)11(8-19)18-14-10-3-5-15-13(10)16-9-17-14/h2-3,5,9,11-12,20H,1,4,6-8H2,(H2,15,16,17,18)/t11-,12+/m0/s1. The van der Waals surface area contributed by atoms with Crippen LogP contribution in [0.2, 0.25) is 0 Å². The van der Waals surface area contributed by atoms with Crippen molar-refractivity contribution in [1.82, 2.24) is 19.9 Å². The minimum absolute atomic E-state index is 0.0308. The topological polar surface area (TPSA) is 77.1 Å². The van der Waals surface area contributed by atoms with Crippen molar-refractivity contribution >= 4 is 16.9 Å². The zero-order valence-corrected chi connectivity index (χ0v) is 11.3. The Balaban J connectivity index is 1.78. The molecule has 0 aliphatic carbocycles. The van der Waals surface area contributed by atoms with Crippen LogP contribution in [0.1, 0.15) is 6.42 Å². The van der Waals surface area contributed by atoms with Gasteiger partial charge in [0.25, 0.3) is 0 Å². The molecule has 1 fully saturated rings. The summed E-state index contributed by atoms with van der Waals surface area (Å²) in [7, 11) is 0. The number of aliphatic hydroxyl groups excluding tert-OH is 1. The van der Waals surface area contributed by atoms with E-state index in [2.05, 4.69) is 31.7 Å². The molecule has 0 spiro atoms. The third-order valence-electron chi connectivity index (χ3n) is 3.72. The molecule has 20 heavy (non-hydrogen) atoms. The van der Waals surface area contributed by atoms with Crippen molar-refractivity contribution in [2.75, 3.05) is 25.0 Å². The number of hydrogen-bond donors (Lipinski definition) is 3. The fourth-order valence-electron chi connectivity index (χ4n) is 2.66. The van der Waals surface area contributed by atoms with E-state index in [-0.39, 0.29) is 12.1 Å². The van der Waals surface area contributed by atoms with Gasteiger partial charge in [-0.2, -0.15) is 0 Å². The Kier molecular flexibility index (Phi) is 3.66. The third-order valence-corrected chi connectivity index (χ3v) is 3.72. The molecule has 0 aromatic carbocycles. The molecule has 1 aliphatic heterocycles. The van der Waals surface area contributed by atoms with Crippen LogP contribution in [-0.2, 0) is 0 Å². The van der Waals surface area contributed by atoms with Gasteiger partial charge in [-0.1, -0.05) is 6.08 Å². The lowest BCUT2D eigenvalue weighted by Gasteiger charge is -2.36. The van der Waals surface area contributed by atoms with E-state index < -0.39 is 0 Å². The second-order valence-corrected chi connectivity index (χ2v) is 5.12. The van der Waals surface area contributed by atoms with E-state index >= 15 is 0 Å². The van der Waals surface area contributed by atoms with Gasteiger partial charge in [-0.05, 0) is 12.5 Å². The predicted molar refractivity (Wildman–Crippen MR) is 78.6 cm³/mol. The molecule has 0 saturated carbocycles. The summed E-state index contributed by atoms with van der Waals surface area (Å²) in [5.41, 5.74) is 0.802. The predicted octanol–water partition coefficient (Wildman–Crippen LogP) is 0.991. The second kappa shape index (κ2) is 5.60. The van der Waals surface area contributed by atoms with Gasteiger partial charge in [-0.25, -0.2) is 9.97 Å². The number of anilines is 1. The second-order valence-electron chi connectivity index (χ2n) is 5.12. The number of hydrogen-bond acceptors (Lipinski definition) is 5. The Bertz CT molecular complexity index is 596. The van der Waals surface area contributed by atoms with Crippen LogP contribution in [0.3, 0.4) is 0 Å².